The Morgan fingerprint density at radius 3 is 2.67 bits per heavy atom. The molecule has 0 aliphatic carbocycles. The quantitative estimate of drug-likeness (QED) is 0.679. The van der Waals surface area contributed by atoms with Crippen LogP contribution >= 0.6 is 56.8 Å². The van der Waals surface area contributed by atoms with E-state index >= 15 is 0 Å². The molecule has 0 fully saturated rings. The average molecular weight is 446 g/mol. The van der Waals surface area contributed by atoms with Gasteiger partial charge in [-0.3, -0.25) is 0 Å². The fourth-order valence-corrected chi connectivity index (χ4v) is 2.37. The highest BCUT2D eigenvalue weighted by Crippen LogP contribution is 2.33. The molecule has 0 spiro atoms. The second kappa shape index (κ2) is 4.46. The van der Waals surface area contributed by atoms with Gasteiger partial charge >= 0.3 is 0 Å². The second-order valence-electron chi connectivity index (χ2n) is 2.84. The molecule has 0 saturated carbocycles. The first-order valence-electron chi connectivity index (χ1n) is 3.95. The number of rotatable bonds is 1. The Labute approximate surface area is 119 Å². The van der Waals surface area contributed by atoms with Crippen LogP contribution in [-0.4, -0.2) is 5.16 Å². The number of aromatic nitrogens is 1. The number of nitrogens with two attached hydrogens (primary N) is 1. The van der Waals surface area contributed by atoms with Crippen molar-refractivity contribution in [2.75, 3.05) is 5.73 Å². The molecule has 2 N–H and O–H groups in total. The fourth-order valence-electron chi connectivity index (χ4n) is 1.13. The highest BCUT2D eigenvalue weighted by molar-refractivity contribution is 14.1. The lowest BCUT2D eigenvalue weighted by molar-refractivity contribution is 0.435. The third kappa shape index (κ3) is 2.23. The van der Waals surface area contributed by atoms with Crippen LogP contribution in [0.25, 0.3) is 11.3 Å². The Hall–Kier alpha value is -0.0200. The van der Waals surface area contributed by atoms with Gasteiger partial charge in [0.05, 0.1) is 0 Å². The smallest absolute Gasteiger partial charge is 0.183 e. The Balaban J connectivity index is 2.63. The number of benzene rings is 1. The molecule has 2 rings (SSSR count). The van der Waals surface area contributed by atoms with E-state index in [9.17, 15) is 0 Å². The minimum absolute atomic E-state index is 0.404. The molecule has 78 valence electrons. The van der Waals surface area contributed by atoms with Gasteiger partial charge in [0, 0.05) is 14.2 Å². The summed E-state index contributed by atoms with van der Waals surface area (Å²) in [7, 11) is 0. The molecule has 0 bridgehead atoms. The van der Waals surface area contributed by atoms with E-state index in [0.29, 0.717) is 16.6 Å². The van der Waals surface area contributed by atoms with Crippen LogP contribution in [-0.2, 0) is 0 Å². The second-order valence-corrected chi connectivity index (χ2v) is 5.51. The van der Waals surface area contributed by atoms with Gasteiger partial charge in [0.25, 0.3) is 0 Å². The standard InChI is InChI=1S/C9H5ClI2N2O/c10-4-1-2-6(11)5(3-4)8-7(12)9(13)14-15-8/h1-3H,(H2,13,14). The molecule has 6 heteroatoms. The van der Waals surface area contributed by atoms with Crippen LogP contribution < -0.4 is 5.73 Å². The van der Waals surface area contributed by atoms with Crippen molar-refractivity contribution in [1.29, 1.82) is 0 Å². The predicted molar refractivity (Wildman–Crippen MR) is 76.8 cm³/mol. The van der Waals surface area contributed by atoms with Crippen molar-refractivity contribution in [3.63, 3.8) is 0 Å². The van der Waals surface area contributed by atoms with Crippen molar-refractivity contribution in [2.24, 2.45) is 0 Å². The van der Waals surface area contributed by atoms with E-state index < -0.39 is 0 Å². The maximum atomic E-state index is 5.93. The third-order valence-electron chi connectivity index (χ3n) is 1.83. The maximum Gasteiger partial charge on any atom is 0.183 e. The summed E-state index contributed by atoms with van der Waals surface area (Å²) in [5.74, 6) is 1.07. The molecule has 1 aromatic carbocycles. The van der Waals surface area contributed by atoms with Crippen molar-refractivity contribution < 1.29 is 4.52 Å². The number of anilines is 1. The molecule has 0 atom stereocenters. The van der Waals surface area contributed by atoms with Crippen LogP contribution in [0.2, 0.25) is 5.02 Å². The van der Waals surface area contributed by atoms with Crippen molar-refractivity contribution in [2.45, 2.75) is 0 Å². The van der Waals surface area contributed by atoms with Gasteiger partial charge in [-0.2, -0.15) is 0 Å². The van der Waals surface area contributed by atoms with Gasteiger partial charge in [-0.1, -0.05) is 16.8 Å². The summed E-state index contributed by atoms with van der Waals surface area (Å²) in [6, 6.07) is 5.60. The van der Waals surface area contributed by atoms with Gasteiger partial charge in [0.15, 0.2) is 11.6 Å². The van der Waals surface area contributed by atoms with E-state index in [1.807, 2.05) is 18.2 Å². The van der Waals surface area contributed by atoms with E-state index in [1.165, 1.54) is 0 Å². The van der Waals surface area contributed by atoms with Crippen LogP contribution in [0.15, 0.2) is 22.7 Å². The maximum absolute atomic E-state index is 5.93. The SMILES string of the molecule is Nc1noc(-c2cc(Cl)ccc2I)c1I. The van der Waals surface area contributed by atoms with Crippen molar-refractivity contribution in [3.8, 4) is 11.3 Å². The summed E-state index contributed by atoms with van der Waals surface area (Å²) in [6.07, 6.45) is 0. The summed E-state index contributed by atoms with van der Waals surface area (Å²) in [4.78, 5) is 0. The molecule has 3 nitrogen and oxygen atoms in total. The summed E-state index contributed by atoms with van der Waals surface area (Å²) in [5.41, 5.74) is 6.53. The van der Waals surface area contributed by atoms with Crippen LogP contribution in [0, 0.1) is 7.14 Å². The summed E-state index contributed by atoms with van der Waals surface area (Å²) < 4.78 is 7.03. The molecule has 1 aromatic heterocycles. The average Bonchev–Trinajstić information content (AvgIpc) is 2.52. The Morgan fingerprint density at radius 1 is 1.33 bits per heavy atom. The van der Waals surface area contributed by atoms with Gasteiger partial charge in [-0.25, -0.2) is 0 Å². The van der Waals surface area contributed by atoms with Crippen molar-refractivity contribution >= 4 is 62.6 Å². The summed E-state index contributed by atoms with van der Waals surface area (Å²) >= 11 is 10.2. The first-order chi connectivity index (χ1) is 7.09. The van der Waals surface area contributed by atoms with Gasteiger partial charge in [0.1, 0.15) is 3.57 Å². The lowest BCUT2D eigenvalue weighted by Gasteiger charge is -2.01. The van der Waals surface area contributed by atoms with E-state index in [2.05, 4.69) is 50.3 Å². The highest BCUT2D eigenvalue weighted by atomic mass is 127. The zero-order valence-electron chi connectivity index (χ0n) is 7.30. The largest absolute Gasteiger partial charge is 0.380 e. The highest BCUT2D eigenvalue weighted by Gasteiger charge is 2.15. The lowest BCUT2D eigenvalue weighted by Crippen LogP contribution is -1.87. The monoisotopic (exact) mass is 446 g/mol. The Bertz CT molecular complexity index is 513. The fraction of sp³-hybridized carbons (Fsp3) is 0. The van der Waals surface area contributed by atoms with E-state index in [0.717, 1.165) is 12.7 Å². The number of hydrogen-bond donors (Lipinski definition) is 1. The molecule has 0 amide bonds. The Kier molecular flexibility index (Phi) is 3.41. The number of hydrogen-bond acceptors (Lipinski definition) is 3. The number of nitrogen functional groups attached to an aromatic ring is 1. The Morgan fingerprint density at radius 2 is 2.07 bits per heavy atom. The van der Waals surface area contributed by atoms with Crippen LogP contribution in [0.5, 0.6) is 0 Å². The van der Waals surface area contributed by atoms with E-state index in [4.69, 9.17) is 21.9 Å². The molecule has 15 heavy (non-hydrogen) atoms. The molecule has 1 heterocycles. The molecule has 0 radical (unpaired) electrons. The molecular weight excluding hydrogens is 441 g/mol. The van der Waals surface area contributed by atoms with Gasteiger partial charge in [0.2, 0.25) is 0 Å². The van der Waals surface area contributed by atoms with Crippen molar-refractivity contribution in [3.05, 3.63) is 30.4 Å². The predicted octanol–water partition coefficient (Wildman–Crippen LogP) is 3.79. The van der Waals surface area contributed by atoms with Gasteiger partial charge in [-0.05, 0) is 63.4 Å². The van der Waals surface area contributed by atoms with Crippen molar-refractivity contribution in [1.82, 2.24) is 5.16 Å². The van der Waals surface area contributed by atoms with Crippen LogP contribution in [0.4, 0.5) is 5.82 Å². The molecule has 0 unspecified atom stereocenters. The first-order valence-corrected chi connectivity index (χ1v) is 6.49. The molecule has 0 aliphatic rings. The topological polar surface area (TPSA) is 52.0 Å². The minimum Gasteiger partial charge on any atom is -0.380 e. The molecular formula is C9H5ClI2N2O. The number of nitrogens with zero attached hydrogens (tertiary/aromatic N) is 1. The van der Waals surface area contributed by atoms with Crippen LogP contribution in [0.1, 0.15) is 0 Å². The zero-order chi connectivity index (χ0) is 11.0. The summed E-state index contributed by atoms with van der Waals surface area (Å²) in [5, 5.41) is 4.38. The molecule has 2 aromatic rings. The van der Waals surface area contributed by atoms with Crippen LogP contribution in [0.3, 0.4) is 0 Å². The summed E-state index contributed by atoms with van der Waals surface area (Å²) in [6.45, 7) is 0. The molecule has 0 aliphatic heterocycles. The van der Waals surface area contributed by atoms with Gasteiger partial charge in [-0.15, -0.1) is 0 Å². The zero-order valence-corrected chi connectivity index (χ0v) is 12.4. The normalized spacial score (nSPS) is 10.6. The van der Waals surface area contributed by atoms with E-state index in [-0.39, 0.29) is 0 Å². The van der Waals surface area contributed by atoms with Gasteiger partial charge < -0.3 is 10.3 Å². The third-order valence-corrected chi connectivity index (χ3v) is 4.05. The lowest BCUT2D eigenvalue weighted by atomic mass is 10.2. The molecule has 0 saturated heterocycles. The minimum atomic E-state index is 0.404. The van der Waals surface area contributed by atoms with E-state index in [1.54, 1.807) is 0 Å². The first kappa shape index (κ1) is 11.5. The number of halogens is 3.